The lowest BCUT2D eigenvalue weighted by Gasteiger charge is -2.09. The Hall–Kier alpha value is 0.110. The van der Waals surface area contributed by atoms with E-state index < -0.39 is 0 Å². The lowest BCUT2D eigenvalue weighted by atomic mass is 10.1. The molecule has 15 heavy (non-hydrogen) atoms. The zero-order valence-electron chi connectivity index (χ0n) is 8.72. The molecule has 0 unspecified atom stereocenters. The van der Waals surface area contributed by atoms with E-state index in [1.54, 1.807) is 11.8 Å². The number of hydrogen-bond acceptors (Lipinski definition) is 2. The Labute approximate surface area is 105 Å². The summed E-state index contributed by atoms with van der Waals surface area (Å²) in [5.41, 5.74) is 6.62. The summed E-state index contributed by atoms with van der Waals surface area (Å²) in [7, 11) is 0. The van der Waals surface area contributed by atoms with E-state index in [0.29, 0.717) is 0 Å². The molecule has 0 atom stereocenters. The molecule has 4 heteroatoms. The Morgan fingerprint density at radius 1 is 1.27 bits per heavy atom. The van der Waals surface area contributed by atoms with Gasteiger partial charge in [-0.3, -0.25) is 0 Å². The second-order valence-corrected chi connectivity index (χ2v) is 4.90. The van der Waals surface area contributed by atoms with Crippen molar-refractivity contribution < 1.29 is 0 Å². The molecule has 0 saturated heterocycles. The third-order valence-corrected chi connectivity index (χ3v) is 4.04. The highest BCUT2D eigenvalue weighted by Gasteiger charge is 2.09. The molecule has 0 fully saturated rings. The van der Waals surface area contributed by atoms with E-state index in [1.165, 1.54) is 5.56 Å². The molecule has 0 heterocycles. The van der Waals surface area contributed by atoms with E-state index in [4.69, 9.17) is 28.9 Å². The van der Waals surface area contributed by atoms with E-state index in [1.807, 2.05) is 18.4 Å². The molecular formula is C11H15Cl2NS. The molecule has 0 bridgehead atoms. The predicted octanol–water partition coefficient (Wildman–Crippen LogP) is 4.00. The van der Waals surface area contributed by atoms with Crippen LogP contribution in [0.15, 0.2) is 17.0 Å². The molecule has 2 N–H and O–H groups in total. The first kappa shape index (κ1) is 13.2. The van der Waals surface area contributed by atoms with Gasteiger partial charge in [-0.1, -0.05) is 29.3 Å². The monoisotopic (exact) mass is 263 g/mol. The third-order valence-electron chi connectivity index (χ3n) is 2.23. The predicted molar refractivity (Wildman–Crippen MR) is 70.2 cm³/mol. The highest BCUT2D eigenvalue weighted by Crippen LogP contribution is 2.35. The molecule has 0 aliphatic carbocycles. The summed E-state index contributed by atoms with van der Waals surface area (Å²) in [6.45, 7) is 0.737. The molecule has 1 nitrogen and oxygen atoms in total. The highest BCUT2D eigenvalue weighted by atomic mass is 35.5. The maximum absolute atomic E-state index is 6.26. The molecule has 1 rings (SSSR count). The fourth-order valence-electron chi connectivity index (χ4n) is 1.41. The zero-order chi connectivity index (χ0) is 11.3. The quantitative estimate of drug-likeness (QED) is 0.642. The summed E-state index contributed by atoms with van der Waals surface area (Å²) in [6.07, 6.45) is 5.07. The fraction of sp³-hybridized carbons (Fsp3) is 0.455. The van der Waals surface area contributed by atoms with E-state index in [-0.39, 0.29) is 0 Å². The minimum Gasteiger partial charge on any atom is -0.330 e. The van der Waals surface area contributed by atoms with Gasteiger partial charge < -0.3 is 5.73 Å². The van der Waals surface area contributed by atoms with Gasteiger partial charge in [0.1, 0.15) is 0 Å². The Morgan fingerprint density at radius 2 is 2.00 bits per heavy atom. The van der Waals surface area contributed by atoms with Crippen LogP contribution in [-0.4, -0.2) is 12.8 Å². The largest absolute Gasteiger partial charge is 0.330 e. The van der Waals surface area contributed by atoms with Gasteiger partial charge in [-0.05, 0) is 43.7 Å². The van der Waals surface area contributed by atoms with Crippen molar-refractivity contribution in [3.05, 3.63) is 27.7 Å². The standard InChI is InChI=1S/C11H15Cl2NS/c1-15-11-9(12)6-5-8(10(11)13)4-2-3-7-14/h5-6H,2-4,7,14H2,1H3. The normalized spacial score (nSPS) is 10.7. The lowest BCUT2D eigenvalue weighted by molar-refractivity contribution is 0.744. The molecule has 0 aliphatic rings. The van der Waals surface area contributed by atoms with Gasteiger partial charge in [-0.25, -0.2) is 0 Å². The number of nitrogens with two attached hydrogens (primary N) is 1. The Morgan fingerprint density at radius 3 is 2.60 bits per heavy atom. The second kappa shape index (κ2) is 6.64. The van der Waals surface area contributed by atoms with Gasteiger partial charge >= 0.3 is 0 Å². The van der Waals surface area contributed by atoms with Crippen molar-refractivity contribution in [1.29, 1.82) is 0 Å². The first-order valence-electron chi connectivity index (χ1n) is 4.91. The minimum absolute atomic E-state index is 0.732. The van der Waals surface area contributed by atoms with Gasteiger partial charge in [-0.15, -0.1) is 11.8 Å². The van der Waals surface area contributed by atoms with Crippen LogP contribution in [0.5, 0.6) is 0 Å². The van der Waals surface area contributed by atoms with Crippen molar-refractivity contribution in [3.8, 4) is 0 Å². The molecule has 84 valence electrons. The molecule has 0 saturated carbocycles. The van der Waals surface area contributed by atoms with Gasteiger partial charge in [0, 0.05) is 4.90 Å². The van der Waals surface area contributed by atoms with Crippen LogP contribution in [0.3, 0.4) is 0 Å². The van der Waals surface area contributed by atoms with Crippen LogP contribution >= 0.6 is 35.0 Å². The van der Waals surface area contributed by atoms with E-state index >= 15 is 0 Å². The Bertz CT molecular complexity index is 329. The Kier molecular flexibility index (Phi) is 5.83. The zero-order valence-corrected chi connectivity index (χ0v) is 11.1. The van der Waals surface area contributed by atoms with Crippen molar-refractivity contribution in [3.63, 3.8) is 0 Å². The molecule has 1 aromatic rings. The summed E-state index contributed by atoms with van der Waals surface area (Å²) < 4.78 is 0. The van der Waals surface area contributed by atoms with E-state index in [0.717, 1.165) is 40.7 Å². The first-order valence-corrected chi connectivity index (χ1v) is 6.89. The summed E-state index contributed by atoms with van der Waals surface area (Å²) in [5, 5.41) is 1.53. The molecule has 0 aliphatic heterocycles. The average Bonchev–Trinajstić information content (AvgIpc) is 2.22. The van der Waals surface area contributed by atoms with Gasteiger partial charge in [0.25, 0.3) is 0 Å². The molecule has 0 amide bonds. The first-order chi connectivity index (χ1) is 7.20. The summed E-state index contributed by atoms with van der Waals surface area (Å²) in [4.78, 5) is 0.976. The van der Waals surface area contributed by atoms with Crippen LogP contribution in [0.1, 0.15) is 18.4 Å². The lowest BCUT2D eigenvalue weighted by Crippen LogP contribution is -1.99. The van der Waals surface area contributed by atoms with Gasteiger partial charge in [0.2, 0.25) is 0 Å². The average molecular weight is 264 g/mol. The van der Waals surface area contributed by atoms with Gasteiger partial charge in [0.15, 0.2) is 0 Å². The van der Waals surface area contributed by atoms with Crippen molar-refractivity contribution in [2.75, 3.05) is 12.8 Å². The van der Waals surface area contributed by atoms with Crippen LogP contribution in [0.2, 0.25) is 10.0 Å². The number of aryl methyl sites for hydroxylation is 1. The number of hydrogen-bond donors (Lipinski definition) is 1. The van der Waals surface area contributed by atoms with Crippen LogP contribution < -0.4 is 5.73 Å². The SMILES string of the molecule is CSc1c(Cl)ccc(CCCCN)c1Cl. The summed E-state index contributed by atoms with van der Waals surface area (Å²) in [6, 6.07) is 3.91. The van der Waals surface area contributed by atoms with Crippen LogP contribution in [0.25, 0.3) is 0 Å². The molecule has 0 radical (unpaired) electrons. The topological polar surface area (TPSA) is 26.0 Å². The fourth-order valence-corrected chi connectivity index (χ4v) is 2.91. The highest BCUT2D eigenvalue weighted by molar-refractivity contribution is 7.98. The van der Waals surface area contributed by atoms with Crippen LogP contribution in [0, 0.1) is 0 Å². The van der Waals surface area contributed by atoms with Gasteiger partial charge in [-0.2, -0.15) is 0 Å². The molecule has 1 aromatic carbocycles. The van der Waals surface area contributed by atoms with E-state index in [2.05, 4.69) is 0 Å². The number of halogens is 2. The summed E-state index contributed by atoms with van der Waals surface area (Å²) in [5.74, 6) is 0. The molecular weight excluding hydrogens is 249 g/mol. The van der Waals surface area contributed by atoms with Crippen LogP contribution in [0.4, 0.5) is 0 Å². The second-order valence-electron chi connectivity index (χ2n) is 3.30. The summed E-state index contributed by atoms with van der Waals surface area (Å²) >= 11 is 13.9. The van der Waals surface area contributed by atoms with Crippen molar-refractivity contribution in [2.24, 2.45) is 5.73 Å². The smallest absolute Gasteiger partial charge is 0.0588 e. The number of benzene rings is 1. The van der Waals surface area contributed by atoms with Crippen molar-refractivity contribution in [1.82, 2.24) is 0 Å². The minimum atomic E-state index is 0.732. The number of rotatable bonds is 5. The molecule has 0 aromatic heterocycles. The van der Waals surface area contributed by atoms with Crippen molar-refractivity contribution >= 4 is 35.0 Å². The van der Waals surface area contributed by atoms with Gasteiger partial charge in [0.05, 0.1) is 10.0 Å². The number of thioether (sulfide) groups is 1. The van der Waals surface area contributed by atoms with E-state index in [9.17, 15) is 0 Å². The number of unbranched alkanes of at least 4 members (excludes halogenated alkanes) is 1. The Balaban J connectivity index is 2.80. The molecule has 0 spiro atoms. The maximum atomic E-state index is 6.26. The van der Waals surface area contributed by atoms with Crippen LogP contribution in [-0.2, 0) is 6.42 Å². The van der Waals surface area contributed by atoms with Crippen molar-refractivity contribution in [2.45, 2.75) is 24.2 Å². The third kappa shape index (κ3) is 3.56. The maximum Gasteiger partial charge on any atom is 0.0588 e.